The van der Waals surface area contributed by atoms with Crippen molar-refractivity contribution in [1.29, 1.82) is 0 Å². The molecule has 0 spiro atoms. The van der Waals surface area contributed by atoms with E-state index in [1.807, 2.05) is 20.8 Å². The number of hydrogen-bond acceptors (Lipinski definition) is 9. The Morgan fingerprint density at radius 3 is 1.00 bits per heavy atom. The molecular formula is C30H33N3O6. The van der Waals surface area contributed by atoms with Gasteiger partial charge in [-0.2, -0.15) is 0 Å². The number of phenols is 3. The highest BCUT2D eigenvalue weighted by Gasteiger charge is 2.19. The summed E-state index contributed by atoms with van der Waals surface area (Å²) in [6, 6.07) is 14.7. The minimum atomic E-state index is -0.0771. The highest BCUT2D eigenvalue weighted by Crippen LogP contribution is 2.37. The quantitative estimate of drug-likeness (QED) is 0.191. The molecular weight excluding hydrogens is 498 g/mol. The third-order valence-electron chi connectivity index (χ3n) is 5.68. The maximum Gasteiger partial charge on any atom is 0.167 e. The van der Waals surface area contributed by atoms with Gasteiger partial charge in [0, 0.05) is 18.2 Å². The fourth-order valence-corrected chi connectivity index (χ4v) is 3.77. The summed E-state index contributed by atoms with van der Waals surface area (Å²) in [7, 11) is 0. The molecule has 3 aromatic carbocycles. The van der Waals surface area contributed by atoms with Crippen LogP contribution < -0.4 is 14.2 Å². The van der Waals surface area contributed by atoms with Crippen LogP contribution in [0.4, 0.5) is 0 Å². The van der Waals surface area contributed by atoms with Crippen LogP contribution in [-0.2, 0) is 0 Å². The van der Waals surface area contributed by atoms with E-state index in [1.165, 1.54) is 18.2 Å². The van der Waals surface area contributed by atoms with Crippen molar-refractivity contribution in [2.45, 2.75) is 40.0 Å². The van der Waals surface area contributed by atoms with Gasteiger partial charge < -0.3 is 29.5 Å². The molecule has 0 aliphatic rings. The molecule has 0 bridgehead atoms. The molecule has 0 saturated heterocycles. The number of phenolic OH excluding ortho intramolecular Hbond substituents is 3. The van der Waals surface area contributed by atoms with Gasteiger partial charge in [0.1, 0.15) is 34.5 Å². The lowest BCUT2D eigenvalue weighted by Crippen LogP contribution is -2.02. The average molecular weight is 532 g/mol. The van der Waals surface area contributed by atoms with Gasteiger partial charge in [0.25, 0.3) is 0 Å². The van der Waals surface area contributed by atoms with Gasteiger partial charge in [0.15, 0.2) is 17.5 Å². The lowest BCUT2D eigenvalue weighted by molar-refractivity contribution is 0.315. The number of nitrogens with zero attached hydrogens (tertiary/aromatic N) is 3. The first kappa shape index (κ1) is 27.5. The highest BCUT2D eigenvalue weighted by atomic mass is 16.5. The summed E-state index contributed by atoms with van der Waals surface area (Å²) >= 11 is 0. The van der Waals surface area contributed by atoms with Gasteiger partial charge in [-0.1, -0.05) is 20.8 Å². The van der Waals surface area contributed by atoms with Crippen molar-refractivity contribution in [1.82, 2.24) is 15.0 Å². The normalized spacial score (nSPS) is 10.8. The fourth-order valence-electron chi connectivity index (χ4n) is 3.77. The molecule has 4 rings (SSSR count). The predicted octanol–water partition coefficient (Wildman–Crippen LogP) is 6.36. The largest absolute Gasteiger partial charge is 0.507 e. The zero-order valence-corrected chi connectivity index (χ0v) is 22.3. The topological polar surface area (TPSA) is 127 Å². The lowest BCUT2D eigenvalue weighted by atomic mass is 10.1. The van der Waals surface area contributed by atoms with E-state index < -0.39 is 0 Å². The van der Waals surface area contributed by atoms with E-state index in [0.29, 0.717) is 53.8 Å². The number of rotatable bonds is 12. The van der Waals surface area contributed by atoms with Gasteiger partial charge in [-0.15, -0.1) is 0 Å². The third kappa shape index (κ3) is 6.67. The molecule has 0 radical (unpaired) electrons. The second-order valence-electron chi connectivity index (χ2n) is 8.89. The maximum atomic E-state index is 10.8. The van der Waals surface area contributed by atoms with Crippen LogP contribution in [0.5, 0.6) is 34.5 Å². The van der Waals surface area contributed by atoms with Gasteiger partial charge in [-0.25, -0.2) is 15.0 Å². The van der Waals surface area contributed by atoms with Crippen LogP contribution in [-0.4, -0.2) is 50.1 Å². The summed E-state index contributed by atoms with van der Waals surface area (Å²) < 4.78 is 16.9. The maximum absolute atomic E-state index is 10.8. The summed E-state index contributed by atoms with van der Waals surface area (Å²) in [5, 5.41) is 32.4. The van der Waals surface area contributed by atoms with Crippen molar-refractivity contribution in [2.75, 3.05) is 19.8 Å². The van der Waals surface area contributed by atoms with Gasteiger partial charge in [0.2, 0.25) is 0 Å². The Morgan fingerprint density at radius 2 is 0.769 bits per heavy atom. The predicted molar refractivity (Wildman–Crippen MR) is 148 cm³/mol. The standard InChI is InChI=1S/C30H33N3O6/c1-4-13-37-19-7-10-22(25(34)16-19)28-31-29(23-11-8-20(17-26(23)35)38-14-5-2)33-30(32-28)24-12-9-21(18-27(24)36)39-15-6-3/h7-12,16-18,34-36H,4-6,13-15H2,1-3H3. The number of ether oxygens (including phenoxy) is 3. The Bertz CT molecular complexity index is 1240. The summed E-state index contributed by atoms with van der Waals surface area (Å²) in [4.78, 5) is 13.7. The second-order valence-corrected chi connectivity index (χ2v) is 8.89. The smallest absolute Gasteiger partial charge is 0.167 e. The monoisotopic (exact) mass is 531 g/mol. The van der Waals surface area contributed by atoms with E-state index in [9.17, 15) is 15.3 Å². The van der Waals surface area contributed by atoms with Crippen molar-refractivity contribution in [3.8, 4) is 68.7 Å². The first-order valence-corrected chi connectivity index (χ1v) is 13.1. The molecule has 4 aromatic rings. The van der Waals surface area contributed by atoms with Crippen molar-refractivity contribution >= 4 is 0 Å². The molecule has 9 heteroatoms. The molecule has 204 valence electrons. The number of hydrogen-bond donors (Lipinski definition) is 3. The zero-order chi connectivity index (χ0) is 27.8. The van der Waals surface area contributed by atoms with Crippen LogP contribution in [0.1, 0.15) is 40.0 Å². The molecule has 0 amide bonds. The van der Waals surface area contributed by atoms with E-state index in [-0.39, 0.29) is 34.7 Å². The molecule has 1 aromatic heterocycles. The lowest BCUT2D eigenvalue weighted by Gasteiger charge is -2.13. The number of aromatic hydroxyl groups is 3. The van der Waals surface area contributed by atoms with E-state index in [0.717, 1.165) is 19.3 Å². The van der Waals surface area contributed by atoms with Crippen LogP contribution in [0.25, 0.3) is 34.2 Å². The van der Waals surface area contributed by atoms with Gasteiger partial charge in [-0.05, 0) is 55.7 Å². The molecule has 39 heavy (non-hydrogen) atoms. The number of aromatic nitrogens is 3. The minimum absolute atomic E-state index is 0.0771. The Kier molecular flexibility index (Phi) is 9.04. The van der Waals surface area contributed by atoms with Crippen molar-refractivity contribution in [3.63, 3.8) is 0 Å². The van der Waals surface area contributed by atoms with E-state index in [2.05, 4.69) is 15.0 Å². The summed E-state index contributed by atoms with van der Waals surface area (Å²) in [5.74, 6) is 1.81. The molecule has 3 N–H and O–H groups in total. The average Bonchev–Trinajstić information content (AvgIpc) is 2.93. The van der Waals surface area contributed by atoms with Crippen LogP contribution in [0.2, 0.25) is 0 Å². The van der Waals surface area contributed by atoms with Crippen molar-refractivity contribution in [2.24, 2.45) is 0 Å². The first-order chi connectivity index (χ1) is 18.9. The van der Waals surface area contributed by atoms with Crippen molar-refractivity contribution < 1.29 is 29.5 Å². The summed E-state index contributed by atoms with van der Waals surface area (Å²) in [6.45, 7) is 7.56. The van der Waals surface area contributed by atoms with Crippen LogP contribution in [0.15, 0.2) is 54.6 Å². The molecule has 0 atom stereocenters. The molecule has 0 fully saturated rings. The Labute approximate surface area is 227 Å². The Balaban J connectivity index is 1.82. The fraction of sp³-hybridized carbons (Fsp3) is 0.300. The minimum Gasteiger partial charge on any atom is -0.507 e. The van der Waals surface area contributed by atoms with Crippen LogP contribution >= 0.6 is 0 Å². The van der Waals surface area contributed by atoms with Crippen molar-refractivity contribution in [3.05, 3.63) is 54.6 Å². The number of benzene rings is 3. The van der Waals surface area contributed by atoms with Gasteiger partial charge >= 0.3 is 0 Å². The van der Waals surface area contributed by atoms with Gasteiger partial charge in [-0.3, -0.25) is 0 Å². The Hall–Kier alpha value is -4.53. The first-order valence-electron chi connectivity index (χ1n) is 13.1. The van der Waals surface area contributed by atoms with E-state index in [4.69, 9.17) is 14.2 Å². The molecule has 1 heterocycles. The van der Waals surface area contributed by atoms with E-state index in [1.54, 1.807) is 36.4 Å². The molecule has 0 aliphatic heterocycles. The van der Waals surface area contributed by atoms with E-state index >= 15 is 0 Å². The summed E-state index contributed by atoms with van der Waals surface area (Å²) in [5.41, 5.74) is 1.02. The molecule has 0 aliphatic carbocycles. The highest BCUT2D eigenvalue weighted by molar-refractivity contribution is 5.74. The Morgan fingerprint density at radius 1 is 0.487 bits per heavy atom. The molecule has 0 saturated carbocycles. The molecule has 0 unspecified atom stereocenters. The van der Waals surface area contributed by atoms with Crippen LogP contribution in [0.3, 0.4) is 0 Å². The third-order valence-corrected chi connectivity index (χ3v) is 5.68. The van der Waals surface area contributed by atoms with Gasteiger partial charge in [0.05, 0.1) is 36.5 Å². The zero-order valence-electron chi connectivity index (χ0n) is 22.3. The second kappa shape index (κ2) is 12.8. The SMILES string of the molecule is CCCOc1ccc(-c2nc(-c3ccc(OCCC)cc3O)nc(-c3ccc(OCCC)cc3O)n2)c(O)c1. The molecule has 9 nitrogen and oxygen atoms in total. The summed E-state index contributed by atoms with van der Waals surface area (Å²) in [6.07, 6.45) is 2.50. The van der Waals surface area contributed by atoms with Crippen LogP contribution in [0, 0.1) is 0 Å².